The molecule has 3 aromatic rings. The van der Waals surface area contributed by atoms with Gasteiger partial charge in [0, 0.05) is 29.4 Å². The number of nitrogens with zero attached hydrogens (tertiary/aromatic N) is 2. The van der Waals surface area contributed by atoms with Gasteiger partial charge in [-0.3, -0.25) is 4.79 Å². The Morgan fingerprint density at radius 2 is 1.94 bits per heavy atom. The number of rotatable bonds is 8. The van der Waals surface area contributed by atoms with Crippen LogP contribution in [0.5, 0.6) is 11.5 Å². The van der Waals surface area contributed by atoms with Crippen LogP contribution in [-0.2, 0) is 17.8 Å². The molecule has 6 nitrogen and oxygen atoms in total. The van der Waals surface area contributed by atoms with Gasteiger partial charge in [-0.2, -0.15) is 5.10 Å². The first kappa shape index (κ1) is 24.9. The molecule has 1 unspecified atom stereocenters. The molecule has 0 spiro atoms. The molecule has 8 heteroatoms. The fourth-order valence-electron chi connectivity index (χ4n) is 4.06. The molecule has 1 atom stereocenters. The third-order valence-electron chi connectivity index (χ3n) is 5.83. The number of nitrogens with one attached hydrogen (secondary N) is 1. The van der Waals surface area contributed by atoms with Gasteiger partial charge in [0.1, 0.15) is 11.5 Å². The Bertz CT molecular complexity index is 1230. The number of carbonyl (C=O) groups excluding carboxylic acids is 1. The van der Waals surface area contributed by atoms with Crippen LogP contribution in [-0.4, -0.2) is 31.9 Å². The van der Waals surface area contributed by atoms with Crippen molar-refractivity contribution in [1.82, 2.24) is 5.43 Å². The molecule has 0 fully saturated rings. The Balaban J connectivity index is 1.41. The largest absolute Gasteiger partial charge is 0.496 e. The summed E-state index contributed by atoms with van der Waals surface area (Å²) in [5.41, 5.74) is 7.05. The van der Waals surface area contributed by atoms with Gasteiger partial charge in [-0.15, -0.1) is 0 Å². The second kappa shape index (κ2) is 11.5. The summed E-state index contributed by atoms with van der Waals surface area (Å²) in [6.45, 7) is 3.34. The lowest BCUT2D eigenvalue weighted by Gasteiger charge is -2.31. The van der Waals surface area contributed by atoms with E-state index in [0.29, 0.717) is 15.8 Å². The lowest BCUT2D eigenvalue weighted by atomic mass is 10.0. The summed E-state index contributed by atoms with van der Waals surface area (Å²) in [5, 5.41) is 4.94. The summed E-state index contributed by atoms with van der Waals surface area (Å²) in [5.74, 6) is 0.795. The zero-order valence-corrected chi connectivity index (χ0v) is 21.1. The lowest BCUT2D eigenvalue weighted by molar-refractivity contribution is -0.127. The van der Waals surface area contributed by atoms with E-state index < -0.39 is 12.0 Å². The standard InChI is InChI=1S/C27H27Cl2N3O3/c1-18(35-26-12-10-22(28)15-23(26)29)27(33)31-30-16-19-9-11-25(34-2)21(14-19)17-32-13-5-7-20-6-3-4-8-24(20)32/h3-4,6,8-12,14-16,18H,5,7,13,17H2,1-2H3,(H,31,33). The maximum atomic E-state index is 12.4. The van der Waals surface area contributed by atoms with Crippen LogP contribution in [0.25, 0.3) is 0 Å². The average Bonchev–Trinajstić information content (AvgIpc) is 2.86. The van der Waals surface area contributed by atoms with Crippen molar-refractivity contribution < 1.29 is 14.3 Å². The van der Waals surface area contributed by atoms with Gasteiger partial charge in [-0.05, 0) is 73.4 Å². The molecule has 35 heavy (non-hydrogen) atoms. The summed E-state index contributed by atoms with van der Waals surface area (Å²) < 4.78 is 11.2. The molecular formula is C27H27Cl2N3O3. The van der Waals surface area contributed by atoms with Crippen molar-refractivity contribution in [2.24, 2.45) is 5.10 Å². The van der Waals surface area contributed by atoms with E-state index in [2.05, 4.69) is 39.7 Å². The molecule has 1 aliphatic heterocycles. The lowest BCUT2D eigenvalue weighted by Crippen LogP contribution is -2.33. The number of hydrazone groups is 1. The van der Waals surface area contributed by atoms with Crippen molar-refractivity contribution >= 4 is 41.0 Å². The van der Waals surface area contributed by atoms with Crippen molar-refractivity contribution in [2.75, 3.05) is 18.6 Å². The van der Waals surface area contributed by atoms with Crippen molar-refractivity contribution in [2.45, 2.75) is 32.4 Å². The van der Waals surface area contributed by atoms with Gasteiger partial charge in [0.05, 0.1) is 18.3 Å². The normalized spacial score (nSPS) is 13.9. The molecule has 1 aliphatic rings. The number of amides is 1. The van der Waals surface area contributed by atoms with Crippen LogP contribution in [0, 0.1) is 0 Å². The van der Waals surface area contributed by atoms with E-state index in [1.54, 1.807) is 38.4 Å². The van der Waals surface area contributed by atoms with Gasteiger partial charge in [0.15, 0.2) is 6.10 Å². The number of hydrogen-bond acceptors (Lipinski definition) is 5. The molecule has 1 heterocycles. The predicted molar refractivity (Wildman–Crippen MR) is 141 cm³/mol. The number of aryl methyl sites for hydroxylation is 1. The topological polar surface area (TPSA) is 63.2 Å². The zero-order valence-electron chi connectivity index (χ0n) is 19.6. The smallest absolute Gasteiger partial charge is 0.280 e. The van der Waals surface area contributed by atoms with Crippen molar-refractivity contribution in [3.05, 3.63) is 87.4 Å². The molecule has 182 valence electrons. The fourth-order valence-corrected chi connectivity index (χ4v) is 4.51. The van der Waals surface area contributed by atoms with E-state index in [4.69, 9.17) is 32.7 Å². The Kier molecular flexibility index (Phi) is 8.16. The number of ether oxygens (including phenoxy) is 2. The number of para-hydroxylation sites is 1. The fraction of sp³-hybridized carbons (Fsp3) is 0.259. The van der Waals surface area contributed by atoms with Gasteiger partial charge in [0.25, 0.3) is 5.91 Å². The number of carbonyl (C=O) groups is 1. The van der Waals surface area contributed by atoms with Crippen LogP contribution >= 0.6 is 23.2 Å². The molecule has 0 aromatic heterocycles. The molecule has 0 aliphatic carbocycles. The van der Waals surface area contributed by atoms with E-state index in [1.165, 1.54) is 11.3 Å². The van der Waals surface area contributed by atoms with Crippen LogP contribution in [0.2, 0.25) is 10.0 Å². The van der Waals surface area contributed by atoms with Gasteiger partial charge in [0.2, 0.25) is 0 Å². The maximum absolute atomic E-state index is 12.4. The van der Waals surface area contributed by atoms with Gasteiger partial charge in [-0.25, -0.2) is 5.43 Å². The van der Waals surface area contributed by atoms with Crippen LogP contribution in [0.4, 0.5) is 5.69 Å². The number of anilines is 1. The number of methoxy groups -OCH3 is 1. The van der Waals surface area contributed by atoms with E-state index in [1.807, 2.05) is 18.2 Å². The molecule has 3 aromatic carbocycles. The second-order valence-electron chi connectivity index (χ2n) is 8.29. The van der Waals surface area contributed by atoms with E-state index in [-0.39, 0.29) is 0 Å². The van der Waals surface area contributed by atoms with E-state index in [0.717, 1.165) is 42.8 Å². The Labute approximate surface area is 215 Å². The molecule has 4 rings (SSSR count). The van der Waals surface area contributed by atoms with E-state index >= 15 is 0 Å². The maximum Gasteiger partial charge on any atom is 0.280 e. The quantitative estimate of drug-likeness (QED) is 0.303. The minimum absolute atomic E-state index is 0.336. The molecule has 0 radical (unpaired) electrons. The van der Waals surface area contributed by atoms with E-state index in [9.17, 15) is 4.79 Å². The Morgan fingerprint density at radius 1 is 1.14 bits per heavy atom. The molecule has 1 amide bonds. The van der Waals surface area contributed by atoms with Gasteiger partial charge >= 0.3 is 0 Å². The highest BCUT2D eigenvalue weighted by Crippen LogP contribution is 2.31. The summed E-state index contributed by atoms with van der Waals surface area (Å²) >= 11 is 12.0. The van der Waals surface area contributed by atoms with Gasteiger partial charge < -0.3 is 14.4 Å². The summed E-state index contributed by atoms with van der Waals surface area (Å²) in [6.07, 6.45) is 3.03. The Hall–Kier alpha value is -3.22. The van der Waals surface area contributed by atoms with Crippen LogP contribution in [0.1, 0.15) is 30.0 Å². The highest BCUT2D eigenvalue weighted by atomic mass is 35.5. The third kappa shape index (κ3) is 6.27. The van der Waals surface area contributed by atoms with Gasteiger partial charge in [-0.1, -0.05) is 41.4 Å². The first-order chi connectivity index (χ1) is 16.9. The Morgan fingerprint density at radius 3 is 2.74 bits per heavy atom. The highest BCUT2D eigenvalue weighted by molar-refractivity contribution is 6.35. The number of halogens is 2. The minimum atomic E-state index is -0.795. The predicted octanol–water partition coefficient (Wildman–Crippen LogP) is 5.87. The van der Waals surface area contributed by atoms with Crippen LogP contribution in [0.15, 0.2) is 65.8 Å². The first-order valence-corrected chi connectivity index (χ1v) is 12.1. The molecular weight excluding hydrogens is 485 g/mol. The average molecular weight is 512 g/mol. The van der Waals surface area contributed by atoms with Crippen molar-refractivity contribution in [3.8, 4) is 11.5 Å². The molecule has 0 saturated heterocycles. The monoisotopic (exact) mass is 511 g/mol. The molecule has 0 saturated carbocycles. The summed E-state index contributed by atoms with van der Waals surface area (Å²) in [6, 6.07) is 19.2. The number of fused-ring (bicyclic) bond motifs is 1. The molecule has 1 N–H and O–H groups in total. The highest BCUT2D eigenvalue weighted by Gasteiger charge is 2.18. The first-order valence-electron chi connectivity index (χ1n) is 11.4. The SMILES string of the molecule is COc1ccc(C=NNC(=O)C(C)Oc2ccc(Cl)cc2Cl)cc1CN1CCCc2ccccc21. The minimum Gasteiger partial charge on any atom is -0.496 e. The van der Waals surface area contributed by atoms with Crippen LogP contribution in [0.3, 0.4) is 0 Å². The van der Waals surface area contributed by atoms with Crippen molar-refractivity contribution in [3.63, 3.8) is 0 Å². The number of hydrogen-bond donors (Lipinski definition) is 1. The zero-order chi connectivity index (χ0) is 24.8. The second-order valence-corrected chi connectivity index (χ2v) is 9.14. The van der Waals surface area contributed by atoms with Crippen LogP contribution < -0.4 is 19.8 Å². The molecule has 0 bridgehead atoms. The summed E-state index contributed by atoms with van der Waals surface area (Å²) in [7, 11) is 1.67. The number of benzene rings is 3. The van der Waals surface area contributed by atoms with Crippen molar-refractivity contribution in [1.29, 1.82) is 0 Å². The summed E-state index contributed by atoms with van der Waals surface area (Å²) in [4.78, 5) is 14.8. The third-order valence-corrected chi connectivity index (χ3v) is 6.36.